The quantitative estimate of drug-likeness (QED) is 0.608. The summed E-state index contributed by atoms with van der Waals surface area (Å²) in [5.74, 6) is 0. The molecule has 1 aromatic carbocycles. The zero-order chi connectivity index (χ0) is 9.10. The number of benzene rings is 1. The van der Waals surface area contributed by atoms with E-state index in [2.05, 4.69) is 38.1 Å². The average molecular weight is 172 g/mol. The molecule has 0 nitrogen and oxygen atoms in total. The minimum absolute atomic E-state index is 0.614. The molecule has 0 radical (unpaired) electrons. The predicted molar refractivity (Wildman–Crippen MR) is 54.8 cm³/mol. The smallest absolute Gasteiger partial charge is 0.00314 e. The van der Waals surface area contributed by atoms with Gasteiger partial charge in [0.1, 0.15) is 0 Å². The molecule has 3 saturated carbocycles. The third-order valence-corrected chi connectivity index (χ3v) is 3.96. The Morgan fingerprint density at radius 1 is 1.00 bits per heavy atom. The van der Waals surface area contributed by atoms with Crippen molar-refractivity contribution in [2.75, 3.05) is 0 Å². The van der Waals surface area contributed by atoms with Crippen molar-refractivity contribution in [1.29, 1.82) is 0 Å². The first-order valence-corrected chi connectivity index (χ1v) is 5.19. The fourth-order valence-corrected chi connectivity index (χ4v) is 3.51. The van der Waals surface area contributed by atoms with Crippen molar-refractivity contribution in [3.05, 3.63) is 35.4 Å². The Morgan fingerprint density at radius 2 is 1.54 bits per heavy atom. The van der Waals surface area contributed by atoms with Gasteiger partial charge in [-0.15, -0.1) is 0 Å². The van der Waals surface area contributed by atoms with Crippen molar-refractivity contribution < 1.29 is 0 Å². The molecular formula is C13H16. The molecule has 0 aromatic heterocycles. The lowest BCUT2D eigenvalue weighted by molar-refractivity contribution is -0.125. The first-order chi connectivity index (χ1) is 6.12. The monoisotopic (exact) mass is 172 g/mol. The average Bonchev–Trinajstić information content (AvgIpc) is 1.99. The van der Waals surface area contributed by atoms with Gasteiger partial charge in [0.2, 0.25) is 0 Å². The molecule has 0 spiro atoms. The van der Waals surface area contributed by atoms with E-state index in [1.165, 1.54) is 24.8 Å². The maximum absolute atomic E-state index is 2.42. The SMILES string of the molecule is Cc1ccc(C23CC(C)(C2)C3)cc1. The predicted octanol–water partition coefficient (Wildman–Crippen LogP) is 3.44. The molecule has 4 rings (SSSR count). The second kappa shape index (κ2) is 2.00. The number of aryl methyl sites for hydroxylation is 1. The lowest BCUT2D eigenvalue weighted by Crippen LogP contribution is -2.62. The van der Waals surface area contributed by atoms with Crippen LogP contribution >= 0.6 is 0 Å². The van der Waals surface area contributed by atoms with E-state index in [0.717, 1.165) is 5.41 Å². The van der Waals surface area contributed by atoms with Gasteiger partial charge in [0, 0.05) is 0 Å². The van der Waals surface area contributed by atoms with Gasteiger partial charge in [0.05, 0.1) is 0 Å². The zero-order valence-electron chi connectivity index (χ0n) is 8.43. The highest BCUT2D eigenvalue weighted by atomic mass is 14.7. The minimum Gasteiger partial charge on any atom is -0.0595 e. The van der Waals surface area contributed by atoms with Crippen molar-refractivity contribution in [1.82, 2.24) is 0 Å². The summed E-state index contributed by atoms with van der Waals surface area (Å²) >= 11 is 0. The van der Waals surface area contributed by atoms with Crippen LogP contribution in [-0.2, 0) is 5.41 Å². The van der Waals surface area contributed by atoms with E-state index < -0.39 is 0 Å². The lowest BCUT2D eigenvalue weighted by atomic mass is 9.34. The Bertz CT molecular complexity index is 325. The molecule has 3 aliphatic carbocycles. The molecule has 0 heterocycles. The molecule has 0 N–H and O–H groups in total. The molecule has 0 aliphatic heterocycles. The van der Waals surface area contributed by atoms with Crippen LogP contribution in [0.4, 0.5) is 0 Å². The highest BCUT2D eigenvalue weighted by molar-refractivity contribution is 5.38. The van der Waals surface area contributed by atoms with Gasteiger partial charge in [-0.1, -0.05) is 36.8 Å². The molecule has 3 fully saturated rings. The Morgan fingerprint density at radius 3 is 2.00 bits per heavy atom. The van der Waals surface area contributed by atoms with Crippen molar-refractivity contribution >= 4 is 0 Å². The van der Waals surface area contributed by atoms with Crippen LogP contribution < -0.4 is 0 Å². The summed E-state index contributed by atoms with van der Waals surface area (Å²) in [5, 5.41) is 0. The topological polar surface area (TPSA) is 0 Å². The van der Waals surface area contributed by atoms with Crippen LogP contribution in [0, 0.1) is 12.3 Å². The minimum atomic E-state index is 0.614. The van der Waals surface area contributed by atoms with Gasteiger partial charge in [-0.05, 0) is 42.6 Å². The van der Waals surface area contributed by atoms with Gasteiger partial charge >= 0.3 is 0 Å². The lowest BCUT2D eigenvalue weighted by Gasteiger charge is -2.70. The maximum Gasteiger partial charge on any atom is -0.00314 e. The van der Waals surface area contributed by atoms with E-state index in [0.29, 0.717) is 5.41 Å². The van der Waals surface area contributed by atoms with Crippen molar-refractivity contribution in [2.45, 2.75) is 38.5 Å². The third-order valence-electron chi connectivity index (χ3n) is 3.96. The number of hydrogen-bond donors (Lipinski definition) is 0. The van der Waals surface area contributed by atoms with E-state index in [1.54, 1.807) is 5.56 Å². The van der Waals surface area contributed by atoms with Gasteiger partial charge in [-0.2, -0.15) is 0 Å². The molecule has 3 aliphatic rings. The molecule has 0 saturated heterocycles. The summed E-state index contributed by atoms with van der Waals surface area (Å²) in [4.78, 5) is 0. The van der Waals surface area contributed by atoms with Crippen LogP contribution in [0.3, 0.4) is 0 Å². The fourth-order valence-electron chi connectivity index (χ4n) is 3.51. The highest BCUT2D eigenvalue weighted by Gasteiger charge is 2.65. The summed E-state index contributed by atoms with van der Waals surface area (Å²) in [6, 6.07) is 9.15. The van der Waals surface area contributed by atoms with E-state index in [1.807, 2.05) is 0 Å². The van der Waals surface area contributed by atoms with Crippen molar-refractivity contribution in [3.63, 3.8) is 0 Å². The van der Waals surface area contributed by atoms with Crippen LogP contribution in [0.5, 0.6) is 0 Å². The fraction of sp³-hybridized carbons (Fsp3) is 0.538. The Labute approximate surface area is 80.0 Å². The zero-order valence-corrected chi connectivity index (χ0v) is 8.43. The molecule has 0 heteroatoms. The Hall–Kier alpha value is -0.780. The molecule has 68 valence electrons. The molecule has 0 amide bonds. The first kappa shape index (κ1) is 7.61. The Balaban J connectivity index is 1.91. The number of hydrogen-bond acceptors (Lipinski definition) is 0. The van der Waals surface area contributed by atoms with Gasteiger partial charge in [0.25, 0.3) is 0 Å². The van der Waals surface area contributed by atoms with Crippen LogP contribution in [0.25, 0.3) is 0 Å². The van der Waals surface area contributed by atoms with E-state index in [4.69, 9.17) is 0 Å². The summed E-state index contributed by atoms with van der Waals surface area (Å²) in [6.07, 6.45) is 4.30. The molecule has 0 unspecified atom stereocenters. The largest absolute Gasteiger partial charge is 0.0595 e. The Kier molecular flexibility index (Phi) is 1.17. The molecule has 2 bridgehead atoms. The maximum atomic E-state index is 2.42. The summed E-state index contributed by atoms with van der Waals surface area (Å²) < 4.78 is 0. The first-order valence-electron chi connectivity index (χ1n) is 5.19. The van der Waals surface area contributed by atoms with E-state index in [9.17, 15) is 0 Å². The van der Waals surface area contributed by atoms with Crippen LogP contribution in [-0.4, -0.2) is 0 Å². The summed E-state index contributed by atoms with van der Waals surface area (Å²) in [7, 11) is 0. The van der Waals surface area contributed by atoms with Crippen molar-refractivity contribution in [3.8, 4) is 0 Å². The van der Waals surface area contributed by atoms with Crippen LogP contribution in [0.1, 0.15) is 37.3 Å². The van der Waals surface area contributed by atoms with Crippen LogP contribution in [0.15, 0.2) is 24.3 Å². The molecule has 1 aromatic rings. The van der Waals surface area contributed by atoms with E-state index in [-0.39, 0.29) is 0 Å². The van der Waals surface area contributed by atoms with Gasteiger partial charge < -0.3 is 0 Å². The summed E-state index contributed by atoms with van der Waals surface area (Å²) in [5.41, 5.74) is 4.30. The molecular weight excluding hydrogens is 156 g/mol. The van der Waals surface area contributed by atoms with Crippen LogP contribution in [0.2, 0.25) is 0 Å². The van der Waals surface area contributed by atoms with E-state index >= 15 is 0 Å². The second-order valence-electron chi connectivity index (χ2n) is 5.49. The molecule has 0 atom stereocenters. The second-order valence-corrected chi connectivity index (χ2v) is 5.49. The molecule has 13 heavy (non-hydrogen) atoms. The van der Waals surface area contributed by atoms with Gasteiger partial charge in [-0.3, -0.25) is 0 Å². The van der Waals surface area contributed by atoms with Crippen molar-refractivity contribution in [2.24, 2.45) is 5.41 Å². The number of rotatable bonds is 1. The summed E-state index contributed by atoms with van der Waals surface area (Å²) in [6.45, 7) is 4.58. The standard InChI is InChI=1S/C13H16/c1-10-3-5-11(6-4-10)13-7-12(2,8-13)9-13/h3-6H,7-9H2,1-2H3. The van der Waals surface area contributed by atoms with Gasteiger partial charge in [-0.25, -0.2) is 0 Å². The third kappa shape index (κ3) is 0.864. The van der Waals surface area contributed by atoms with Gasteiger partial charge in [0.15, 0.2) is 0 Å². The highest BCUT2D eigenvalue weighted by Crippen LogP contribution is 2.73. The normalized spacial score (nSPS) is 40.8.